The Bertz CT molecular complexity index is 951. The van der Waals surface area contributed by atoms with Gasteiger partial charge in [0, 0.05) is 18.1 Å². The van der Waals surface area contributed by atoms with Gasteiger partial charge in [0.1, 0.15) is 16.8 Å². The second-order valence-corrected chi connectivity index (χ2v) is 8.13. The molecule has 0 aliphatic carbocycles. The van der Waals surface area contributed by atoms with Crippen LogP contribution in [-0.2, 0) is 15.3 Å². The van der Waals surface area contributed by atoms with Gasteiger partial charge in [0.2, 0.25) is 0 Å². The lowest BCUT2D eigenvalue weighted by atomic mass is 10.3. The van der Waals surface area contributed by atoms with E-state index >= 15 is 0 Å². The SMILES string of the molecule is CCOc1ccc(-n2c(CSc3ncccn3)nnc2S[C@@H](CC)C(=O)OC)cc1. The van der Waals surface area contributed by atoms with Crippen LogP contribution in [0.2, 0.25) is 0 Å². The monoisotopic (exact) mass is 445 g/mol. The molecular formula is C20H23N5O3S2. The van der Waals surface area contributed by atoms with Crippen LogP contribution < -0.4 is 4.74 Å². The zero-order chi connectivity index (χ0) is 21.3. The summed E-state index contributed by atoms with van der Waals surface area (Å²) in [5, 5.41) is 9.65. The van der Waals surface area contributed by atoms with Gasteiger partial charge in [-0.1, -0.05) is 30.4 Å². The standard InChI is InChI=1S/C20H23N5O3S2/c1-4-16(18(26)27-3)30-20-24-23-17(13-29-19-21-11-6-12-22-19)25(20)14-7-9-15(10-8-14)28-5-2/h6-12,16H,4-5,13H2,1-3H3/t16-/m0/s1. The Kier molecular flexibility index (Phi) is 8.09. The van der Waals surface area contributed by atoms with E-state index in [1.165, 1.54) is 30.6 Å². The van der Waals surface area contributed by atoms with Crippen LogP contribution in [0.5, 0.6) is 5.75 Å². The van der Waals surface area contributed by atoms with Gasteiger partial charge in [0.25, 0.3) is 0 Å². The van der Waals surface area contributed by atoms with Crippen molar-refractivity contribution in [3.63, 3.8) is 0 Å². The predicted octanol–water partition coefficient (Wildman–Crippen LogP) is 3.79. The van der Waals surface area contributed by atoms with Gasteiger partial charge < -0.3 is 9.47 Å². The van der Waals surface area contributed by atoms with Crippen LogP contribution in [-0.4, -0.2) is 49.7 Å². The average Bonchev–Trinajstić information content (AvgIpc) is 3.19. The van der Waals surface area contributed by atoms with E-state index in [1.807, 2.05) is 42.7 Å². The minimum absolute atomic E-state index is 0.280. The number of aromatic nitrogens is 5. The Morgan fingerprint density at radius 2 is 1.87 bits per heavy atom. The topological polar surface area (TPSA) is 92.0 Å². The van der Waals surface area contributed by atoms with Crippen molar-refractivity contribution in [3.8, 4) is 11.4 Å². The molecule has 2 heterocycles. The van der Waals surface area contributed by atoms with Crippen molar-refractivity contribution in [1.82, 2.24) is 24.7 Å². The first-order chi connectivity index (χ1) is 14.7. The lowest BCUT2D eigenvalue weighted by Crippen LogP contribution is -2.18. The molecule has 0 aliphatic heterocycles. The third-order valence-corrected chi connectivity index (χ3v) is 6.22. The molecule has 3 rings (SSSR count). The van der Waals surface area contributed by atoms with Gasteiger partial charge in [-0.15, -0.1) is 10.2 Å². The van der Waals surface area contributed by atoms with E-state index in [1.54, 1.807) is 18.5 Å². The molecule has 1 aromatic carbocycles. The summed E-state index contributed by atoms with van der Waals surface area (Å²) < 4.78 is 12.4. The molecular weight excluding hydrogens is 422 g/mol. The summed E-state index contributed by atoms with van der Waals surface area (Å²) in [6.07, 6.45) is 4.03. The number of thioether (sulfide) groups is 2. The number of hydrogen-bond donors (Lipinski definition) is 0. The zero-order valence-electron chi connectivity index (χ0n) is 17.0. The minimum atomic E-state index is -0.362. The van der Waals surface area contributed by atoms with Gasteiger partial charge in [-0.25, -0.2) is 9.97 Å². The van der Waals surface area contributed by atoms with E-state index < -0.39 is 0 Å². The van der Waals surface area contributed by atoms with Crippen molar-refractivity contribution < 1.29 is 14.3 Å². The highest BCUT2D eigenvalue weighted by Crippen LogP contribution is 2.30. The quantitative estimate of drug-likeness (QED) is 0.262. The zero-order valence-corrected chi connectivity index (χ0v) is 18.7. The first-order valence-electron chi connectivity index (χ1n) is 9.48. The molecule has 0 aliphatic rings. The third-order valence-electron chi connectivity index (χ3n) is 4.06. The molecule has 158 valence electrons. The minimum Gasteiger partial charge on any atom is -0.494 e. The molecule has 0 radical (unpaired) electrons. The Morgan fingerprint density at radius 1 is 1.13 bits per heavy atom. The fraction of sp³-hybridized carbons (Fsp3) is 0.350. The van der Waals surface area contributed by atoms with Crippen molar-refractivity contribution in [3.05, 3.63) is 48.5 Å². The molecule has 0 N–H and O–H groups in total. The maximum Gasteiger partial charge on any atom is 0.319 e. The maximum atomic E-state index is 12.1. The Hall–Kier alpha value is -2.59. The Labute approximate surface area is 183 Å². The summed E-state index contributed by atoms with van der Waals surface area (Å²) in [6.45, 7) is 4.49. The van der Waals surface area contributed by atoms with Crippen LogP contribution in [0, 0.1) is 0 Å². The van der Waals surface area contributed by atoms with Crippen LogP contribution in [0.25, 0.3) is 5.69 Å². The van der Waals surface area contributed by atoms with Crippen molar-refractivity contribution in [2.24, 2.45) is 0 Å². The van der Waals surface area contributed by atoms with E-state index in [9.17, 15) is 4.79 Å². The van der Waals surface area contributed by atoms with Gasteiger partial charge in [-0.05, 0) is 43.7 Å². The summed E-state index contributed by atoms with van der Waals surface area (Å²) in [7, 11) is 1.39. The number of ether oxygens (including phenoxy) is 2. The molecule has 10 heteroatoms. The molecule has 0 saturated carbocycles. The number of carbonyl (C=O) groups is 1. The third kappa shape index (κ3) is 5.51. The fourth-order valence-electron chi connectivity index (χ4n) is 2.63. The predicted molar refractivity (Wildman–Crippen MR) is 116 cm³/mol. The summed E-state index contributed by atoms with van der Waals surface area (Å²) in [6, 6.07) is 9.48. The number of methoxy groups -OCH3 is 1. The second kappa shape index (κ2) is 11.0. The van der Waals surface area contributed by atoms with Crippen molar-refractivity contribution >= 4 is 29.5 Å². The average molecular weight is 446 g/mol. The van der Waals surface area contributed by atoms with Gasteiger partial charge in [-0.3, -0.25) is 9.36 Å². The molecule has 0 bridgehead atoms. The largest absolute Gasteiger partial charge is 0.494 e. The highest BCUT2D eigenvalue weighted by atomic mass is 32.2. The maximum absolute atomic E-state index is 12.1. The highest BCUT2D eigenvalue weighted by molar-refractivity contribution is 8.00. The van der Waals surface area contributed by atoms with Gasteiger partial charge >= 0.3 is 5.97 Å². The number of benzene rings is 1. The molecule has 1 atom stereocenters. The van der Waals surface area contributed by atoms with Crippen molar-refractivity contribution in [1.29, 1.82) is 0 Å². The van der Waals surface area contributed by atoms with Gasteiger partial charge in [-0.2, -0.15) is 0 Å². The van der Waals surface area contributed by atoms with E-state index in [0.29, 0.717) is 29.1 Å². The van der Waals surface area contributed by atoms with Crippen LogP contribution >= 0.6 is 23.5 Å². The van der Waals surface area contributed by atoms with Crippen LogP contribution in [0.1, 0.15) is 26.1 Å². The molecule has 8 nitrogen and oxygen atoms in total. The van der Waals surface area contributed by atoms with Crippen LogP contribution in [0.15, 0.2) is 53.0 Å². The first-order valence-corrected chi connectivity index (χ1v) is 11.3. The van der Waals surface area contributed by atoms with E-state index in [-0.39, 0.29) is 11.2 Å². The highest BCUT2D eigenvalue weighted by Gasteiger charge is 2.24. The van der Waals surface area contributed by atoms with E-state index in [4.69, 9.17) is 9.47 Å². The van der Waals surface area contributed by atoms with E-state index in [2.05, 4.69) is 20.2 Å². The van der Waals surface area contributed by atoms with Crippen molar-refractivity contribution in [2.45, 2.75) is 41.6 Å². The lowest BCUT2D eigenvalue weighted by Gasteiger charge is -2.14. The summed E-state index contributed by atoms with van der Waals surface area (Å²) in [4.78, 5) is 20.6. The molecule has 0 amide bonds. The molecule has 0 spiro atoms. The summed E-state index contributed by atoms with van der Waals surface area (Å²) in [5.74, 6) is 1.77. The number of carbonyl (C=O) groups excluding carboxylic acids is 1. The molecule has 0 unspecified atom stereocenters. The molecule has 0 saturated heterocycles. The number of esters is 1. The van der Waals surface area contributed by atoms with Crippen molar-refractivity contribution in [2.75, 3.05) is 13.7 Å². The molecule has 0 fully saturated rings. The summed E-state index contributed by atoms with van der Waals surface area (Å²) in [5.41, 5.74) is 0.884. The second-order valence-electron chi connectivity index (χ2n) is 6.02. The molecule has 2 aromatic heterocycles. The molecule has 3 aromatic rings. The summed E-state index contributed by atoms with van der Waals surface area (Å²) >= 11 is 2.81. The number of rotatable bonds is 10. The Balaban J connectivity index is 1.91. The molecule has 30 heavy (non-hydrogen) atoms. The number of hydrogen-bond acceptors (Lipinski definition) is 9. The van der Waals surface area contributed by atoms with Crippen LogP contribution in [0.4, 0.5) is 0 Å². The Morgan fingerprint density at radius 3 is 2.50 bits per heavy atom. The van der Waals surface area contributed by atoms with Gasteiger partial charge in [0.05, 0.1) is 19.5 Å². The van der Waals surface area contributed by atoms with Crippen LogP contribution in [0.3, 0.4) is 0 Å². The fourth-order valence-corrected chi connectivity index (χ4v) is 4.37. The lowest BCUT2D eigenvalue weighted by molar-refractivity contribution is -0.140. The van der Waals surface area contributed by atoms with Gasteiger partial charge in [0.15, 0.2) is 10.3 Å². The smallest absolute Gasteiger partial charge is 0.319 e. The normalized spacial score (nSPS) is 11.8. The first kappa shape index (κ1) is 22.1. The van der Waals surface area contributed by atoms with E-state index in [0.717, 1.165) is 17.3 Å². The number of nitrogens with zero attached hydrogens (tertiary/aromatic N) is 5.